The molecule has 4 nitrogen and oxygen atoms in total. The van der Waals surface area contributed by atoms with E-state index in [1.54, 1.807) is 14.2 Å². The van der Waals surface area contributed by atoms with Crippen molar-refractivity contribution in [2.24, 2.45) is 0 Å². The fraction of sp³-hybridized carbons (Fsp3) is 0.417. The fourth-order valence-electron chi connectivity index (χ4n) is 1.86. The Morgan fingerprint density at radius 2 is 1.88 bits per heavy atom. The summed E-state index contributed by atoms with van der Waals surface area (Å²) in [5, 5.41) is 5.53. The van der Waals surface area contributed by atoms with Gasteiger partial charge in [0, 0.05) is 19.6 Å². The number of methoxy groups -OCH3 is 2. The summed E-state index contributed by atoms with van der Waals surface area (Å²) in [5.41, 5.74) is 1.11. The van der Waals surface area contributed by atoms with Gasteiger partial charge in [0.15, 0.2) is 0 Å². The SMILES string of the molecule is COCC(COC)n1ncc2ccccc21. The summed E-state index contributed by atoms with van der Waals surface area (Å²) in [6, 6.07) is 8.25. The van der Waals surface area contributed by atoms with Crippen LogP contribution in [-0.2, 0) is 9.47 Å². The number of rotatable bonds is 5. The quantitative estimate of drug-likeness (QED) is 0.771. The highest BCUT2D eigenvalue weighted by Crippen LogP contribution is 2.17. The molecule has 0 saturated carbocycles. The highest BCUT2D eigenvalue weighted by Gasteiger charge is 2.13. The highest BCUT2D eigenvalue weighted by atomic mass is 16.5. The number of fused-ring (bicyclic) bond motifs is 1. The summed E-state index contributed by atoms with van der Waals surface area (Å²) in [6.45, 7) is 1.19. The Balaban J connectivity index is 2.36. The lowest BCUT2D eigenvalue weighted by Crippen LogP contribution is -2.20. The molecule has 2 rings (SSSR count). The molecular formula is C12H16N2O2. The van der Waals surface area contributed by atoms with E-state index in [4.69, 9.17) is 9.47 Å². The van der Waals surface area contributed by atoms with E-state index in [9.17, 15) is 0 Å². The summed E-state index contributed by atoms with van der Waals surface area (Å²) in [7, 11) is 3.38. The van der Waals surface area contributed by atoms with Gasteiger partial charge in [-0.3, -0.25) is 4.68 Å². The lowest BCUT2D eigenvalue weighted by atomic mass is 10.2. The molecule has 4 heteroatoms. The van der Waals surface area contributed by atoms with Gasteiger partial charge < -0.3 is 9.47 Å². The average Bonchev–Trinajstić information content (AvgIpc) is 2.72. The van der Waals surface area contributed by atoms with Gasteiger partial charge >= 0.3 is 0 Å². The van der Waals surface area contributed by atoms with Gasteiger partial charge in [-0.2, -0.15) is 5.10 Å². The molecule has 0 aliphatic rings. The van der Waals surface area contributed by atoms with E-state index in [2.05, 4.69) is 17.2 Å². The predicted octanol–water partition coefficient (Wildman–Crippen LogP) is 1.87. The van der Waals surface area contributed by atoms with Crippen LogP contribution in [0.1, 0.15) is 6.04 Å². The van der Waals surface area contributed by atoms with Crippen LogP contribution in [0.15, 0.2) is 30.5 Å². The number of para-hydroxylation sites is 1. The second-order valence-corrected chi connectivity index (χ2v) is 3.71. The molecule has 86 valence electrons. The van der Waals surface area contributed by atoms with E-state index in [1.165, 1.54) is 0 Å². The first kappa shape index (κ1) is 11.1. The number of hydrogen-bond donors (Lipinski definition) is 0. The van der Waals surface area contributed by atoms with Crippen LogP contribution in [0.2, 0.25) is 0 Å². The number of ether oxygens (including phenoxy) is 2. The molecule has 0 N–H and O–H groups in total. The molecular weight excluding hydrogens is 204 g/mol. The minimum atomic E-state index is 0.120. The van der Waals surface area contributed by atoms with E-state index < -0.39 is 0 Å². The van der Waals surface area contributed by atoms with Gasteiger partial charge in [-0.1, -0.05) is 18.2 Å². The Morgan fingerprint density at radius 3 is 2.56 bits per heavy atom. The molecule has 1 heterocycles. The molecule has 0 atom stereocenters. The Kier molecular flexibility index (Phi) is 3.54. The summed E-state index contributed by atoms with van der Waals surface area (Å²) >= 11 is 0. The smallest absolute Gasteiger partial charge is 0.0992 e. The third-order valence-electron chi connectivity index (χ3n) is 2.57. The Hall–Kier alpha value is -1.39. The minimum Gasteiger partial charge on any atom is -0.382 e. The second kappa shape index (κ2) is 5.09. The molecule has 0 saturated heterocycles. The van der Waals surface area contributed by atoms with Gasteiger partial charge in [0.05, 0.1) is 31.0 Å². The zero-order chi connectivity index (χ0) is 11.4. The first-order chi connectivity index (χ1) is 7.86. The summed E-state index contributed by atoms with van der Waals surface area (Å²) in [6.07, 6.45) is 1.87. The molecule has 16 heavy (non-hydrogen) atoms. The van der Waals surface area contributed by atoms with E-state index in [-0.39, 0.29) is 6.04 Å². The highest BCUT2D eigenvalue weighted by molar-refractivity contribution is 5.78. The molecule has 0 fully saturated rings. The molecule has 0 radical (unpaired) electrons. The molecule has 0 aliphatic carbocycles. The van der Waals surface area contributed by atoms with Crippen molar-refractivity contribution in [2.45, 2.75) is 6.04 Å². The zero-order valence-corrected chi connectivity index (χ0v) is 9.59. The third-order valence-corrected chi connectivity index (χ3v) is 2.57. The van der Waals surface area contributed by atoms with Crippen molar-refractivity contribution >= 4 is 10.9 Å². The molecule has 1 aromatic carbocycles. The summed E-state index contributed by atoms with van der Waals surface area (Å²) in [4.78, 5) is 0. The lowest BCUT2D eigenvalue weighted by molar-refractivity contribution is 0.0859. The normalized spacial score (nSPS) is 11.4. The molecule has 0 unspecified atom stereocenters. The molecule has 0 amide bonds. The Labute approximate surface area is 94.8 Å². The maximum absolute atomic E-state index is 5.19. The maximum Gasteiger partial charge on any atom is 0.0992 e. The lowest BCUT2D eigenvalue weighted by Gasteiger charge is -2.16. The van der Waals surface area contributed by atoms with Crippen molar-refractivity contribution in [3.05, 3.63) is 30.5 Å². The predicted molar refractivity (Wildman–Crippen MR) is 62.5 cm³/mol. The standard InChI is InChI=1S/C12H16N2O2/c1-15-8-11(9-16-2)14-12-6-4-3-5-10(12)7-13-14/h3-7,11H,8-9H2,1-2H3. The van der Waals surface area contributed by atoms with Gasteiger partial charge in [-0.25, -0.2) is 0 Å². The van der Waals surface area contributed by atoms with Crippen LogP contribution in [0.4, 0.5) is 0 Å². The first-order valence-corrected chi connectivity index (χ1v) is 5.27. The summed E-state index contributed by atoms with van der Waals surface area (Å²) < 4.78 is 12.3. The molecule has 2 aromatic rings. The van der Waals surface area contributed by atoms with Crippen LogP contribution in [0.25, 0.3) is 10.9 Å². The molecule has 0 bridgehead atoms. The van der Waals surface area contributed by atoms with Crippen molar-refractivity contribution < 1.29 is 9.47 Å². The van der Waals surface area contributed by atoms with Crippen molar-refractivity contribution in [1.82, 2.24) is 9.78 Å². The second-order valence-electron chi connectivity index (χ2n) is 3.71. The number of benzene rings is 1. The van der Waals surface area contributed by atoms with Crippen LogP contribution in [0.3, 0.4) is 0 Å². The van der Waals surface area contributed by atoms with Gasteiger partial charge in [-0.15, -0.1) is 0 Å². The number of hydrogen-bond acceptors (Lipinski definition) is 3. The number of nitrogens with zero attached hydrogens (tertiary/aromatic N) is 2. The Bertz CT molecular complexity index is 447. The topological polar surface area (TPSA) is 36.3 Å². The summed E-state index contributed by atoms with van der Waals surface area (Å²) in [5.74, 6) is 0. The monoisotopic (exact) mass is 220 g/mol. The van der Waals surface area contributed by atoms with Crippen molar-refractivity contribution in [3.63, 3.8) is 0 Å². The van der Waals surface area contributed by atoms with Crippen LogP contribution in [0, 0.1) is 0 Å². The van der Waals surface area contributed by atoms with Crippen LogP contribution < -0.4 is 0 Å². The van der Waals surface area contributed by atoms with Gasteiger partial charge in [0.2, 0.25) is 0 Å². The largest absolute Gasteiger partial charge is 0.382 e. The molecule has 0 aliphatic heterocycles. The van der Waals surface area contributed by atoms with Gasteiger partial charge in [0.1, 0.15) is 0 Å². The van der Waals surface area contributed by atoms with Crippen molar-refractivity contribution in [2.75, 3.05) is 27.4 Å². The van der Waals surface area contributed by atoms with Crippen LogP contribution >= 0.6 is 0 Å². The molecule has 1 aromatic heterocycles. The number of aromatic nitrogens is 2. The van der Waals surface area contributed by atoms with E-state index in [1.807, 2.05) is 23.0 Å². The zero-order valence-electron chi connectivity index (χ0n) is 9.59. The van der Waals surface area contributed by atoms with Crippen LogP contribution in [0.5, 0.6) is 0 Å². The van der Waals surface area contributed by atoms with E-state index >= 15 is 0 Å². The maximum atomic E-state index is 5.19. The first-order valence-electron chi connectivity index (χ1n) is 5.27. The minimum absolute atomic E-state index is 0.120. The third kappa shape index (κ3) is 2.08. The molecule has 0 spiro atoms. The van der Waals surface area contributed by atoms with E-state index in [0.717, 1.165) is 10.9 Å². The van der Waals surface area contributed by atoms with E-state index in [0.29, 0.717) is 13.2 Å². The van der Waals surface area contributed by atoms with Crippen LogP contribution in [-0.4, -0.2) is 37.2 Å². The van der Waals surface area contributed by atoms with Gasteiger partial charge in [-0.05, 0) is 6.07 Å². The fourth-order valence-corrected chi connectivity index (χ4v) is 1.86. The average molecular weight is 220 g/mol. The van der Waals surface area contributed by atoms with Crippen molar-refractivity contribution in [1.29, 1.82) is 0 Å². The Morgan fingerprint density at radius 1 is 1.19 bits per heavy atom. The van der Waals surface area contributed by atoms with Gasteiger partial charge in [0.25, 0.3) is 0 Å². The van der Waals surface area contributed by atoms with Crippen molar-refractivity contribution in [3.8, 4) is 0 Å².